The Morgan fingerprint density at radius 1 is 1.18 bits per heavy atom. The standard InChI is InChI=1S/C28H28FN5O4/c1-17-13-33(16-30-17)24-11-8-21(12-25(24)38-3)26(31-37)23-15-32(14-19-4-5-19)28(36)34(27(23)35)18(2)20-6-9-22(29)10-7-20/h6-13,15-16,18-19,37H,4-5,14H2,1-3H3/b31-26+. The van der Waals surface area contributed by atoms with Crippen molar-refractivity contribution in [3.05, 3.63) is 110 Å². The highest BCUT2D eigenvalue weighted by Gasteiger charge is 2.27. The molecule has 1 unspecified atom stereocenters. The second-order valence-corrected chi connectivity index (χ2v) is 9.58. The molecule has 2 aromatic heterocycles. The van der Waals surface area contributed by atoms with Crippen LogP contribution in [0.25, 0.3) is 5.69 Å². The lowest BCUT2D eigenvalue weighted by molar-refractivity contribution is 0.319. The molecular formula is C28H28FN5O4. The molecule has 1 aliphatic carbocycles. The number of ether oxygens (including phenoxy) is 1. The van der Waals surface area contributed by atoms with Crippen LogP contribution in [0.15, 0.2) is 75.9 Å². The van der Waals surface area contributed by atoms with Crippen molar-refractivity contribution >= 4 is 5.71 Å². The van der Waals surface area contributed by atoms with Crippen molar-refractivity contribution in [1.82, 2.24) is 18.7 Å². The van der Waals surface area contributed by atoms with Crippen molar-refractivity contribution in [2.45, 2.75) is 39.3 Å². The molecular weight excluding hydrogens is 489 g/mol. The van der Waals surface area contributed by atoms with E-state index in [0.29, 0.717) is 29.3 Å². The van der Waals surface area contributed by atoms with Crippen molar-refractivity contribution in [2.24, 2.45) is 11.1 Å². The molecule has 1 aliphatic rings. The number of nitrogens with zero attached hydrogens (tertiary/aromatic N) is 5. The zero-order valence-electron chi connectivity index (χ0n) is 21.3. The molecule has 10 heteroatoms. The van der Waals surface area contributed by atoms with Crippen molar-refractivity contribution in [1.29, 1.82) is 0 Å². The van der Waals surface area contributed by atoms with Gasteiger partial charge in [-0.25, -0.2) is 14.2 Å². The average molecular weight is 518 g/mol. The van der Waals surface area contributed by atoms with Crippen LogP contribution in [0, 0.1) is 18.7 Å². The first-order chi connectivity index (χ1) is 18.3. The van der Waals surface area contributed by atoms with Gasteiger partial charge in [0, 0.05) is 24.5 Å². The van der Waals surface area contributed by atoms with E-state index in [0.717, 1.165) is 28.8 Å². The number of methoxy groups -OCH3 is 1. The van der Waals surface area contributed by atoms with Crippen LogP contribution in [-0.2, 0) is 6.54 Å². The fourth-order valence-electron chi connectivity index (χ4n) is 4.58. The second kappa shape index (κ2) is 10.1. The Morgan fingerprint density at radius 3 is 2.53 bits per heavy atom. The zero-order chi connectivity index (χ0) is 27.0. The molecule has 1 N–H and O–H groups in total. The molecule has 0 aliphatic heterocycles. The maximum absolute atomic E-state index is 13.8. The van der Waals surface area contributed by atoms with Gasteiger partial charge < -0.3 is 14.5 Å². The first-order valence-electron chi connectivity index (χ1n) is 12.3. The Labute approximate surface area is 218 Å². The van der Waals surface area contributed by atoms with Gasteiger partial charge in [-0.3, -0.25) is 13.9 Å². The minimum atomic E-state index is -0.678. The Kier molecular flexibility index (Phi) is 6.71. The molecule has 5 rings (SSSR count). The summed E-state index contributed by atoms with van der Waals surface area (Å²) in [5, 5.41) is 13.6. The SMILES string of the molecule is COc1cc(/C(=N\O)c2cn(CC3CC3)c(=O)n(C(C)c3ccc(F)cc3)c2=O)ccc1-n1cnc(C)c1. The molecule has 1 atom stereocenters. The van der Waals surface area contributed by atoms with Crippen LogP contribution in [0.3, 0.4) is 0 Å². The predicted molar refractivity (Wildman–Crippen MR) is 140 cm³/mol. The minimum absolute atomic E-state index is 0.00580. The van der Waals surface area contributed by atoms with E-state index in [-0.39, 0.29) is 11.3 Å². The van der Waals surface area contributed by atoms with Crippen molar-refractivity contribution < 1.29 is 14.3 Å². The number of oxime groups is 1. The molecule has 0 amide bonds. The Balaban J connectivity index is 1.64. The van der Waals surface area contributed by atoms with E-state index in [9.17, 15) is 19.2 Å². The molecule has 2 heterocycles. The number of aromatic nitrogens is 4. The van der Waals surface area contributed by atoms with E-state index in [4.69, 9.17) is 4.74 Å². The molecule has 4 aromatic rings. The number of aryl methyl sites for hydroxylation is 1. The molecule has 0 radical (unpaired) electrons. The fourth-order valence-corrected chi connectivity index (χ4v) is 4.58. The van der Waals surface area contributed by atoms with E-state index in [1.54, 1.807) is 48.1 Å². The van der Waals surface area contributed by atoms with Gasteiger partial charge in [-0.1, -0.05) is 23.4 Å². The van der Waals surface area contributed by atoms with Crippen molar-refractivity contribution in [3.63, 3.8) is 0 Å². The summed E-state index contributed by atoms with van der Waals surface area (Å²) in [6.45, 7) is 4.04. The maximum atomic E-state index is 13.8. The third-order valence-corrected chi connectivity index (χ3v) is 6.88. The second-order valence-electron chi connectivity index (χ2n) is 9.58. The molecule has 0 saturated heterocycles. The topological polar surface area (TPSA) is 104 Å². The first kappa shape index (κ1) is 25.2. The molecule has 1 saturated carbocycles. The summed E-state index contributed by atoms with van der Waals surface area (Å²) in [5.41, 5.74) is 1.58. The minimum Gasteiger partial charge on any atom is -0.495 e. The highest BCUT2D eigenvalue weighted by atomic mass is 19.1. The summed E-state index contributed by atoms with van der Waals surface area (Å²) in [6.07, 6.45) is 6.98. The number of benzene rings is 2. The number of rotatable bonds is 8. The van der Waals surface area contributed by atoms with Crippen LogP contribution in [0.1, 0.15) is 48.2 Å². The zero-order valence-corrected chi connectivity index (χ0v) is 21.3. The summed E-state index contributed by atoms with van der Waals surface area (Å²) in [5.74, 6) is 0.415. The van der Waals surface area contributed by atoms with E-state index >= 15 is 0 Å². The highest BCUT2D eigenvalue weighted by molar-refractivity contribution is 6.12. The lowest BCUT2D eigenvalue weighted by Gasteiger charge is -2.19. The van der Waals surface area contributed by atoms with Gasteiger partial charge in [0.1, 0.15) is 17.3 Å². The third kappa shape index (κ3) is 4.77. The van der Waals surface area contributed by atoms with E-state index in [2.05, 4.69) is 10.1 Å². The highest BCUT2D eigenvalue weighted by Crippen LogP contribution is 2.30. The summed E-state index contributed by atoms with van der Waals surface area (Å²) in [4.78, 5) is 31.5. The van der Waals surface area contributed by atoms with Gasteiger partial charge in [-0.05, 0) is 62.4 Å². The van der Waals surface area contributed by atoms with Gasteiger partial charge in [0.2, 0.25) is 0 Å². The van der Waals surface area contributed by atoms with Crippen molar-refractivity contribution in [3.8, 4) is 11.4 Å². The van der Waals surface area contributed by atoms with Gasteiger partial charge in [0.15, 0.2) is 0 Å². The number of hydrogen-bond acceptors (Lipinski definition) is 6. The normalized spacial score (nSPS) is 14.5. The quantitative estimate of drug-likeness (QED) is 0.217. The Bertz CT molecular complexity index is 1630. The molecule has 38 heavy (non-hydrogen) atoms. The molecule has 9 nitrogen and oxygen atoms in total. The van der Waals surface area contributed by atoms with Gasteiger partial charge in [0.25, 0.3) is 5.56 Å². The lowest BCUT2D eigenvalue weighted by atomic mass is 10.0. The summed E-state index contributed by atoms with van der Waals surface area (Å²) >= 11 is 0. The lowest BCUT2D eigenvalue weighted by Crippen LogP contribution is -2.44. The van der Waals surface area contributed by atoms with Crippen LogP contribution in [0.5, 0.6) is 5.75 Å². The third-order valence-electron chi connectivity index (χ3n) is 6.88. The largest absolute Gasteiger partial charge is 0.495 e. The van der Waals surface area contributed by atoms with Crippen LogP contribution in [0.2, 0.25) is 0 Å². The fraction of sp³-hybridized carbons (Fsp3) is 0.286. The number of hydrogen-bond donors (Lipinski definition) is 1. The van der Waals surface area contributed by atoms with Crippen LogP contribution in [-0.4, -0.2) is 36.7 Å². The first-order valence-corrected chi connectivity index (χ1v) is 12.3. The van der Waals surface area contributed by atoms with Gasteiger partial charge in [0.05, 0.1) is 36.4 Å². The molecule has 0 bridgehead atoms. The van der Waals surface area contributed by atoms with E-state index in [1.807, 2.05) is 13.1 Å². The Hall–Kier alpha value is -4.47. The van der Waals surface area contributed by atoms with Gasteiger partial charge >= 0.3 is 5.69 Å². The number of imidazole rings is 1. The summed E-state index contributed by atoms with van der Waals surface area (Å²) in [6, 6.07) is 10.2. The molecule has 196 valence electrons. The van der Waals surface area contributed by atoms with Crippen LogP contribution in [0.4, 0.5) is 4.39 Å². The monoisotopic (exact) mass is 517 g/mol. The van der Waals surface area contributed by atoms with E-state index < -0.39 is 23.1 Å². The van der Waals surface area contributed by atoms with E-state index in [1.165, 1.54) is 30.0 Å². The summed E-state index contributed by atoms with van der Waals surface area (Å²) in [7, 11) is 1.52. The van der Waals surface area contributed by atoms with Crippen molar-refractivity contribution in [2.75, 3.05) is 7.11 Å². The summed E-state index contributed by atoms with van der Waals surface area (Å²) < 4.78 is 23.6. The number of halogens is 1. The van der Waals surface area contributed by atoms with Gasteiger partial charge in [-0.15, -0.1) is 0 Å². The van der Waals surface area contributed by atoms with Gasteiger partial charge in [-0.2, -0.15) is 0 Å². The Morgan fingerprint density at radius 2 is 1.92 bits per heavy atom. The van der Waals surface area contributed by atoms with Crippen LogP contribution < -0.4 is 16.0 Å². The maximum Gasteiger partial charge on any atom is 0.331 e. The average Bonchev–Trinajstić information content (AvgIpc) is 3.63. The molecule has 1 fully saturated rings. The predicted octanol–water partition coefficient (Wildman–Crippen LogP) is 3.90. The molecule has 2 aromatic carbocycles. The molecule has 0 spiro atoms. The smallest absolute Gasteiger partial charge is 0.331 e. The van der Waals surface area contributed by atoms with Crippen LogP contribution >= 0.6 is 0 Å².